The third kappa shape index (κ3) is 8.13. The molecular formula is C27H28BrN3O5. The zero-order chi connectivity index (χ0) is 25.9. The van der Waals surface area contributed by atoms with Crippen LogP contribution in [0.4, 0.5) is 5.69 Å². The number of hydrogen-bond donors (Lipinski definition) is 2. The molecule has 3 aromatic carbocycles. The molecule has 0 aliphatic heterocycles. The van der Waals surface area contributed by atoms with Gasteiger partial charge in [-0.05, 0) is 70.4 Å². The Balaban J connectivity index is 1.49. The molecule has 0 radical (unpaired) electrons. The van der Waals surface area contributed by atoms with E-state index < -0.39 is 0 Å². The van der Waals surface area contributed by atoms with Crippen molar-refractivity contribution in [3.8, 4) is 17.2 Å². The van der Waals surface area contributed by atoms with Gasteiger partial charge in [-0.3, -0.25) is 9.59 Å². The lowest BCUT2D eigenvalue weighted by molar-refractivity contribution is -0.124. The predicted molar refractivity (Wildman–Crippen MR) is 143 cm³/mol. The molecule has 0 bridgehead atoms. The number of hydrazone groups is 1. The van der Waals surface area contributed by atoms with Gasteiger partial charge in [-0.1, -0.05) is 29.8 Å². The molecule has 0 spiro atoms. The molecule has 0 aliphatic rings. The maximum atomic E-state index is 12.1. The van der Waals surface area contributed by atoms with E-state index >= 15 is 0 Å². The highest BCUT2D eigenvalue weighted by Crippen LogP contribution is 2.36. The Morgan fingerprint density at radius 2 is 1.64 bits per heavy atom. The highest BCUT2D eigenvalue weighted by molar-refractivity contribution is 9.10. The lowest BCUT2D eigenvalue weighted by Gasteiger charge is -2.13. The van der Waals surface area contributed by atoms with Gasteiger partial charge in [0.1, 0.15) is 12.4 Å². The van der Waals surface area contributed by atoms with Gasteiger partial charge in [-0.15, -0.1) is 0 Å². The molecule has 0 saturated carbocycles. The molecule has 3 rings (SSSR count). The third-order valence-corrected chi connectivity index (χ3v) is 5.70. The standard InChI is InChI=1S/C27H28BrN3O5/c1-18-4-6-19(7-5-18)17-36-27-23(28)14-20(15-24(27)35-3)16-29-31-26(33)13-12-25(32)30-21-8-10-22(34-2)11-9-21/h4-11,14-16H,12-13,17H2,1-3H3,(H,30,32)(H,31,33). The minimum absolute atomic E-state index is 0.00185. The Morgan fingerprint density at radius 3 is 2.31 bits per heavy atom. The molecule has 0 unspecified atom stereocenters. The first-order valence-electron chi connectivity index (χ1n) is 11.2. The highest BCUT2D eigenvalue weighted by Gasteiger charge is 2.12. The van der Waals surface area contributed by atoms with Gasteiger partial charge in [0.05, 0.1) is 24.9 Å². The fraction of sp³-hybridized carbons (Fsp3) is 0.222. The van der Waals surface area contributed by atoms with Crippen LogP contribution >= 0.6 is 15.9 Å². The van der Waals surface area contributed by atoms with Crippen LogP contribution < -0.4 is 25.0 Å². The number of benzene rings is 3. The van der Waals surface area contributed by atoms with Crippen molar-refractivity contribution in [1.29, 1.82) is 0 Å². The van der Waals surface area contributed by atoms with Gasteiger partial charge in [0.15, 0.2) is 11.5 Å². The number of ether oxygens (including phenoxy) is 3. The van der Waals surface area contributed by atoms with Gasteiger partial charge >= 0.3 is 0 Å². The molecule has 8 nitrogen and oxygen atoms in total. The predicted octanol–water partition coefficient (Wildman–Crippen LogP) is 5.22. The highest BCUT2D eigenvalue weighted by atomic mass is 79.9. The van der Waals surface area contributed by atoms with E-state index in [1.807, 2.05) is 37.3 Å². The maximum absolute atomic E-state index is 12.1. The molecule has 0 aromatic heterocycles. The zero-order valence-electron chi connectivity index (χ0n) is 20.3. The maximum Gasteiger partial charge on any atom is 0.240 e. The largest absolute Gasteiger partial charge is 0.497 e. The number of amides is 2. The molecule has 36 heavy (non-hydrogen) atoms. The minimum atomic E-state index is -0.375. The molecule has 2 N–H and O–H groups in total. The van der Waals surface area contributed by atoms with Gasteiger partial charge in [-0.25, -0.2) is 5.43 Å². The zero-order valence-corrected chi connectivity index (χ0v) is 21.9. The van der Waals surface area contributed by atoms with E-state index in [0.29, 0.717) is 39.6 Å². The van der Waals surface area contributed by atoms with Gasteiger partial charge in [0.25, 0.3) is 0 Å². The topological polar surface area (TPSA) is 98.2 Å². The summed E-state index contributed by atoms with van der Waals surface area (Å²) >= 11 is 3.52. The van der Waals surface area contributed by atoms with Gasteiger partial charge < -0.3 is 19.5 Å². The van der Waals surface area contributed by atoms with Gasteiger partial charge in [0.2, 0.25) is 11.8 Å². The van der Waals surface area contributed by atoms with E-state index in [-0.39, 0.29) is 24.7 Å². The second kappa shape index (κ2) is 13.3. The number of carbonyl (C=O) groups is 2. The lowest BCUT2D eigenvalue weighted by atomic mass is 10.2. The smallest absolute Gasteiger partial charge is 0.240 e. The summed E-state index contributed by atoms with van der Waals surface area (Å²) in [5.41, 5.74) is 5.99. The summed E-state index contributed by atoms with van der Waals surface area (Å²) in [6, 6.07) is 18.6. The van der Waals surface area contributed by atoms with Crippen LogP contribution in [0.2, 0.25) is 0 Å². The molecule has 0 aliphatic carbocycles. The van der Waals surface area contributed by atoms with Crippen LogP contribution in [0, 0.1) is 6.92 Å². The van der Waals surface area contributed by atoms with Crippen LogP contribution in [-0.4, -0.2) is 32.2 Å². The molecule has 3 aromatic rings. The van der Waals surface area contributed by atoms with E-state index in [9.17, 15) is 9.59 Å². The van der Waals surface area contributed by atoms with Crippen LogP contribution in [0.15, 0.2) is 70.2 Å². The fourth-order valence-electron chi connectivity index (χ4n) is 3.15. The Bertz CT molecular complexity index is 1210. The lowest BCUT2D eigenvalue weighted by Crippen LogP contribution is -2.20. The van der Waals surface area contributed by atoms with Crippen molar-refractivity contribution in [2.75, 3.05) is 19.5 Å². The van der Waals surface area contributed by atoms with E-state index in [2.05, 4.69) is 31.8 Å². The number of nitrogens with one attached hydrogen (secondary N) is 2. The average Bonchev–Trinajstić information content (AvgIpc) is 2.88. The number of carbonyl (C=O) groups excluding carboxylic acids is 2. The summed E-state index contributed by atoms with van der Waals surface area (Å²) in [4.78, 5) is 24.2. The normalized spacial score (nSPS) is 10.7. The van der Waals surface area contributed by atoms with Crippen LogP contribution in [0.1, 0.15) is 29.5 Å². The van der Waals surface area contributed by atoms with Crippen molar-refractivity contribution in [1.82, 2.24) is 5.43 Å². The second-order valence-corrected chi connectivity index (χ2v) is 8.73. The number of nitrogens with zero attached hydrogens (tertiary/aromatic N) is 1. The van der Waals surface area contributed by atoms with Gasteiger partial charge in [-0.2, -0.15) is 5.10 Å². The molecule has 188 valence electrons. The molecule has 0 atom stereocenters. The monoisotopic (exact) mass is 553 g/mol. The number of hydrogen-bond acceptors (Lipinski definition) is 6. The van der Waals surface area contributed by atoms with Crippen molar-refractivity contribution >= 4 is 39.6 Å². The van der Waals surface area contributed by atoms with Crippen LogP contribution in [-0.2, 0) is 16.2 Å². The third-order valence-electron chi connectivity index (χ3n) is 5.11. The van der Waals surface area contributed by atoms with Crippen molar-refractivity contribution in [3.63, 3.8) is 0 Å². The summed E-state index contributed by atoms with van der Waals surface area (Å²) in [5.74, 6) is 1.15. The first-order chi connectivity index (χ1) is 17.4. The Hall–Kier alpha value is -3.85. The molecule has 0 heterocycles. The number of aryl methyl sites for hydroxylation is 1. The fourth-order valence-corrected chi connectivity index (χ4v) is 3.73. The van der Waals surface area contributed by atoms with Crippen molar-refractivity contribution in [3.05, 3.63) is 81.8 Å². The quantitative estimate of drug-likeness (QED) is 0.250. The molecule has 0 saturated heterocycles. The molecule has 9 heteroatoms. The first kappa shape index (κ1) is 26.7. The summed E-state index contributed by atoms with van der Waals surface area (Å²) in [6.07, 6.45) is 1.52. The summed E-state index contributed by atoms with van der Waals surface area (Å²) < 4.78 is 17.2. The second-order valence-electron chi connectivity index (χ2n) is 7.88. The van der Waals surface area contributed by atoms with E-state index in [1.54, 1.807) is 44.6 Å². The van der Waals surface area contributed by atoms with E-state index in [4.69, 9.17) is 14.2 Å². The average molecular weight is 554 g/mol. The number of halogens is 1. The molecule has 0 fully saturated rings. The van der Waals surface area contributed by atoms with Crippen LogP contribution in [0.3, 0.4) is 0 Å². The number of rotatable bonds is 11. The van der Waals surface area contributed by atoms with Crippen LogP contribution in [0.5, 0.6) is 17.2 Å². The van der Waals surface area contributed by atoms with E-state index in [0.717, 1.165) is 5.56 Å². The first-order valence-corrected chi connectivity index (χ1v) is 12.0. The Morgan fingerprint density at radius 1 is 0.944 bits per heavy atom. The Kier molecular flexibility index (Phi) is 9.88. The minimum Gasteiger partial charge on any atom is -0.497 e. The molecular weight excluding hydrogens is 526 g/mol. The van der Waals surface area contributed by atoms with Gasteiger partial charge in [0, 0.05) is 18.5 Å². The number of methoxy groups -OCH3 is 2. The van der Waals surface area contributed by atoms with Crippen LogP contribution in [0.25, 0.3) is 0 Å². The SMILES string of the molecule is COc1ccc(NC(=O)CCC(=O)NN=Cc2cc(Br)c(OCc3ccc(C)cc3)c(OC)c2)cc1. The van der Waals surface area contributed by atoms with E-state index in [1.165, 1.54) is 11.8 Å². The summed E-state index contributed by atoms with van der Waals surface area (Å²) in [7, 11) is 3.13. The Labute approximate surface area is 218 Å². The van der Waals surface area contributed by atoms with Crippen molar-refractivity contribution in [2.45, 2.75) is 26.4 Å². The number of anilines is 1. The summed E-state index contributed by atoms with van der Waals surface area (Å²) in [6.45, 7) is 2.43. The molecule has 2 amide bonds. The van der Waals surface area contributed by atoms with Crippen molar-refractivity contribution in [2.24, 2.45) is 5.10 Å². The van der Waals surface area contributed by atoms with Crippen molar-refractivity contribution < 1.29 is 23.8 Å². The summed E-state index contributed by atoms with van der Waals surface area (Å²) in [5, 5.41) is 6.72.